The molecule has 1 aliphatic heterocycles. The van der Waals surface area contributed by atoms with Crippen molar-refractivity contribution in [1.29, 1.82) is 0 Å². The molecule has 0 aromatic carbocycles. The molecule has 2 bridgehead atoms. The van der Waals surface area contributed by atoms with Crippen LogP contribution in [-0.2, 0) is 4.57 Å². The monoisotopic (exact) mass is 282 g/mol. The highest BCUT2D eigenvalue weighted by Crippen LogP contribution is 2.83. The average Bonchev–Trinajstić information content (AvgIpc) is 2.27. The van der Waals surface area contributed by atoms with Gasteiger partial charge in [0.05, 0.1) is 7.14 Å². The molecule has 0 spiro atoms. The van der Waals surface area contributed by atoms with E-state index in [2.05, 4.69) is 48.5 Å². The molecule has 2 heteroatoms. The second-order valence-corrected chi connectivity index (χ2v) is 13.1. The van der Waals surface area contributed by atoms with Gasteiger partial charge in [-0.05, 0) is 41.4 Å². The van der Waals surface area contributed by atoms with Gasteiger partial charge in [0.25, 0.3) is 0 Å². The summed E-state index contributed by atoms with van der Waals surface area (Å²) in [6.45, 7) is 16.4. The van der Waals surface area contributed by atoms with E-state index in [-0.39, 0.29) is 10.6 Å². The Labute approximate surface area is 119 Å². The van der Waals surface area contributed by atoms with E-state index in [4.69, 9.17) is 0 Å². The summed E-state index contributed by atoms with van der Waals surface area (Å²) in [5.41, 5.74) is 1.30. The highest BCUT2D eigenvalue weighted by Gasteiger charge is 2.69. The standard InChI is InChI=1S/C17H31OP/c1-11-13-8-12(16(13,4)5)9-14(11)19(18)10-15(2,3)17(19,6)7/h11-14H,8-10H2,1-7H3/t11-,12+,13-,14-,19+/m1/s1. The SMILES string of the molecule is C[C@@H]1[C@H]2C[C@@H](C[C@H]1[P@@]1(=O)CC(C)(C)C1(C)C)C2(C)C. The van der Waals surface area contributed by atoms with Crippen LogP contribution in [0.1, 0.15) is 61.3 Å². The first-order chi connectivity index (χ1) is 8.45. The molecule has 0 amide bonds. The van der Waals surface area contributed by atoms with Gasteiger partial charge in [0.2, 0.25) is 0 Å². The van der Waals surface area contributed by atoms with Crippen LogP contribution in [0.5, 0.6) is 0 Å². The van der Waals surface area contributed by atoms with E-state index in [9.17, 15) is 4.57 Å². The van der Waals surface area contributed by atoms with E-state index in [0.29, 0.717) is 17.0 Å². The lowest BCUT2D eigenvalue weighted by atomic mass is 9.46. The van der Waals surface area contributed by atoms with Gasteiger partial charge in [-0.2, -0.15) is 0 Å². The maximum Gasteiger partial charge on any atom is 0.0973 e. The Morgan fingerprint density at radius 1 is 1.00 bits per heavy atom. The van der Waals surface area contributed by atoms with Crippen molar-refractivity contribution in [1.82, 2.24) is 0 Å². The molecule has 3 aliphatic carbocycles. The van der Waals surface area contributed by atoms with E-state index in [1.54, 1.807) is 0 Å². The number of hydrogen-bond donors (Lipinski definition) is 0. The lowest BCUT2D eigenvalue weighted by Crippen LogP contribution is -2.62. The van der Waals surface area contributed by atoms with Gasteiger partial charge < -0.3 is 4.57 Å². The molecule has 4 aliphatic rings. The molecule has 4 rings (SSSR count). The highest BCUT2D eigenvalue weighted by atomic mass is 31.2. The van der Waals surface area contributed by atoms with Crippen LogP contribution in [0.3, 0.4) is 0 Å². The van der Waals surface area contributed by atoms with E-state index < -0.39 is 7.14 Å². The van der Waals surface area contributed by atoms with Gasteiger partial charge in [0, 0.05) is 17.0 Å². The molecule has 1 heterocycles. The Bertz CT molecular complexity index is 460. The first-order valence-corrected chi connectivity index (χ1v) is 10.00. The molecular weight excluding hydrogens is 251 g/mol. The highest BCUT2D eigenvalue weighted by molar-refractivity contribution is 7.68. The van der Waals surface area contributed by atoms with Crippen molar-refractivity contribution in [3.63, 3.8) is 0 Å². The maximum absolute atomic E-state index is 13.7. The Balaban J connectivity index is 1.89. The minimum absolute atomic E-state index is 0.0485. The van der Waals surface area contributed by atoms with Crippen molar-refractivity contribution in [3.8, 4) is 0 Å². The van der Waals surface area contributed by atoms with Crippen LogP contribution in [0, 0.1) is 28.6 Å². The lowest BCUT2D eigenvalue weighted by molar-refractivity contribution is -0.0979. The molecule has 5 atom stereocenters. The number of hydrogen-bond acceptors (Lipinski definition) is 1. The molecule has 1 nitrogen and oxygen atoms in total. The first kappa shape index (κ1) is 14.2. The third-order valence-electron chi connectivity index (χ3n) is 8.08. The van der Waals surface area contributed by atoms with Gasteiger partial charge >= 0.3 is 0 Å². The minimum Gasteiger partial charge on any atom is -0.323 e. The van der Waals surface area contributed by atoms with Crippen LogP contribution in [0.2, 0.25) is 0 Å². The van der Waals surface area contributed by atoms with Crippen molar-refractivity contribution in [2.75, 3.05) is 6.16 Å². The van der Waals surface area contributed by atoms with Gasteiger partial charge in [-0.3, -0.25) is 0 Å². The fraction of sp³-hybridized carbons (Fsp3) is 1.00. The molecule has 1 saturated heterocycles. The summed E-state index contributed by atoms with van der Waals surface area (Å²) >= 11 is 0. The molecule has 0 radical (unpaired) electrons. The lowest BCUT2D eigenvalue weighted by Gasteiger charge is -2.68. The summed E-state index contributed by atoms with van der Waals surface area (Å²) < 4.78 is 13.7. The number of fused-ring (bicyclic) bond motifs is 2. The summed E-state index contributed by atoms with van der Waals surface area (Å²) in [4.78, 5) is 0. The Morgan fingerprint density at radius 2 is 1.58 bits per heavy atom. The van der Waals surface area contributed by atoms with Crippen molar-refractivity contribution in [2.24, 2.45) is 28.6 Å². The van der Waals surface area contributed by atoms with E-state index in [1.807, 2.05) is 0 Å². The van der Waals surface area contributed by atoms with Crippen LogP contribution in [0.4, 0.5) is 0 Å². The van der Waals surface area contributed by atoms with Crippen molar-refractivity contribution in [2.45, 2.75) is 72.1 Å². The second-order valence-electron chi connectivity index (χ2n) is 9.42. The fourth-order valence-corrected chi connectivity index (χ4v) is 11.0. The zero-order chi connectivity index (χ0) is 14.4. The average molecular weight is 282 g/mol. The smallest absolute Gasteiger partial charge is 0.0973 e. The predicted octanol–water partition coefficient (Wildman–Crippen LogP) is 5.24. The normalized spacial score (nSPS) is 53.0. The fourth-order valence-electron chi connectivity index (χ4n) is 5.60. The van der Waals surface area contributed by atoms with Crippen LogP contribution in [0.15, 0.2) is 0 Å². The van der Waals surface area contributed by atoms with Gasteiger partial charge in [-0.15, -0.1) is 0 Å². The largest absolute Gasteiger partial charge is 0.323 e. The molecule has 4 fully saturated rings. The Hall–Kier alpha value is 0.230. The maximum atomic E-state index is 13.7. The molecule has 0 unspecified atom stereocenters. The first-order valence-electron chi connectivity index (χ1n) is 8.04. The van der Waals surface area contributed by atoms with Crippen LogP contribution >= 0.6 is 7.14 Å². The minimum atomic E-state index is -2.01. The Kier molecular flexibility index (Phi) is 2.62. The summed E-state index contributed by atoms with van der Waals surface area (Å²) in [5.74, 6) is 2.33. The second kappa shape index (κ2) is 3.52. The topological polar surface area (TPSA) is 17.1 Å². The van der Waals surface area contributed by atoms with Crippen LogP contribution in [-0.4, -0.2) is 17.0 Å². The van der Waals surface area contributed by atoms with E-state index in [0.717, 1.165) is 18.0 Å². The molecule has 3 saturated carbocycles. The molecule has 0 aromatic heterocycles. The molecule has 0 N–H and O–H groups in total. The van der Waals surface area contributed by atoms with Gasteiger partial charge in [-0.25, -0.2) is 0 Å². The molecule has 0 aromatic rings. The van der Waals surface area contributed by atoms with Gasteiger partial charge in [0.1, 0.15) is 0 Å². The predicted molar refractivity (Wildman–Crippen MR) is 83.3 cm³/mol. The quantitative estimate of drug-likeness (QED) is 0.601. The van der Waals surface area contributed by atoms with Crippen molar-refractivity contribution < 1.29 is 4.57 Å². The van der Waals surface area contributed by atoms with Gasteiger partial charge in [-0.1, -0.05) is 48.5 Å². The van der Waals surface area contributed by atoms with Gasteiger partial charge in [0.15, 0.2) is 0 Å². The summed E-state index contributed by atoms with van der Waals surface area (Å²) in [6, 6.07) is 0. The summed E-state index contributed by atoms with van der Waals surface area (Å²) in [5, 5.41) is 0.0485. The molecular formula is C17H31OP. The van der Waals surface area contributed by atoms with Crippen LogP contribution in [0.25, 0.3) is 0 Å². The summed E-state index contributed by atoms with van der Waals surface area (Å²) in [7, 11) is -2.01. The molecule has 110 valence electrons. The van der Waals surface area contributed by atoms with Crippen molar-refractivity contribution >= 4 is 7.14 Å². The third kappa shape index (κ3) is 1.42. The zero-order valence-corrected chi connectivity index (χ0v) is 14.7. The molecule has 19 heavy (non-hydrogen) atoms. The van der Waals surface area contributed by atoms with Crippen molar-refractivity contribution in [3.05, 3.63) is 0 Å². The number of rotatable bonds is 1. The van der Waals surface area contributed by atoms with E-state index in [1.165, 1.54) is 12.8 Å². The van der Waals surface area contributed by atoms with Crippen LogP contribution < -0.4 is 0 Å². The van der Waals surface area contributed by atoms with E-state index >= 15 is 0 Å². The summed E-state index contributed by atoms with van der Waals surface area (Å²) in [6.07, 6.45) is 3.62. The zero-order valence-electron chi connectivity index (χ0n) is 13.8. The Morgan fingerprint density at radius 3 is 1.95 bits per heavy atom. The third-order valence-corrected chi connectivity index (χ3v) is 13.6.